The number of nitrogens with one attached hydrogen (secondary N) is 2. The van der Waals surface area contributed by atoms with Crippen LogP contribution in [0.15, 0.2) is 23.1 Å². The van der Waals surface area contributed by atoms with E-state index in [1.54, 1.807) is 0 Å². The molecule has 3 rings (SSSR count). The van der Waals surface area contributed by atoms with Gasteiger partial charge in [0.15, 0.2) is 0 Å². The van der Waals surface area contributed by atoms with E-state index in [-0.39, 0.29) is 18.0 Å². The van der Waals surface area contributed by atoms with E-state index in [0.717, 1.165) is 30.0 Å². The highest BCUT2D eigenvalue weighted by atomic mass is 35.5. The maximum atomic E-state index is 12.0. The highest BCUT2D eigenvalue weighted by molar-refractivity contribution is 7.99. The molecule has 0 spiro atoms. The van der Waals surface area contributed by atoms with Gasteiger partial charge >= 0.3 is 0 Å². The maximum Gasteiger partial charge on any atom is 0.237 e. The average molecular weight is 311 g/mol. The van der Waals surface area contributed by atoms with Gasteiger partial charge in [-0.2, -0.15) is 0 Å². The SMILES string of the molecule is CC(NC1CCSc2ccc(Cl)cc21)C(=O)NC1CC1. The summed E-state index contributed by atoms with van der Waals surface area (Å²) in [5.74, 6) is 1.18. The van der Waals surface area contributed by atoms with Crippen molar-refractivity contribution in [1.82, 2.24) is 10.6 Å². The standard InChI is InChI=1S/C15H19ClN2OS/c1-9(15(19)18-11-3-4-11)17-13-6-7-20-14-5-2-10(16)8-12(13)14/h2,5,8-9,11,13,17H,3-4,6-7H2,1H3,(H,18,19). The van der Waals surface area contributed by atoms with Crippen molar-refractivity contribution >= 4 is 29.3 Å². The zero-order valence-electron chi connectivity index (χ0n) is 11.5. The molecular weight excluding hydrogens is 292 g/mol. The Morgan fingerprint density at radius 1 is 1.40 bits per heavy atom. The minimum Gasteiger partial charge on any atom is -0.352 e. The molecule has 0 saturated heterocycles. The van der Waals surface area contributed by atoms with Crippen molar-refractivity contribution in [2.75, 3.05) is 5.75 Å². The van der Waals surface area contributed by atoms with Crippen LogP contribution in [0.1, 0.15) is 37.8 Å². The Morgan fingerprint density at radius 3 is 2.95 bits per heavy atom. The molecule has 1 fully saturated rings. The van der Waals surface area contributed by atoms with Gasteiger partial charge in [-0.15, -0.1) is 11.8 Å². The normalized spacial score (nSPS) is 23.0. The summed E-state index contributed by atoms with van der Waals surface area (Å²) in [6, 6.07) is 6.48. The van der Waals surface area contributed by atoms with E-state index in [9.17, 15) is 4.79 Å². The van der Waals surface area contributed by atoms with Crippen LogP contribution < -0.4 is 10.6 Å². The quantitative estimate of drug-likeness (QED) is 0.897. The largest absolute Gasteiger partial charge is 0.352 e. The van der Waals surface area contributed by atoms with Crippen molar-refractivity contribution in [3.8, 4) is 0 Å². The molecule has 5 heteroatoms. The van der Waals surface area contributed by atoms with Crippen LogP contribution in [0.5, 0.6) is 0 Å². The first-order valence-electron chi connectivity index (χ1n) is 7.12. The molecule has 2 atom stereocenters. The molecule has 2 aliphatic rings. The van der Waals surface area contributed by atoms with E-state index in [2.05, 4.69) is 16.7 Å². The lowest BCUT2D eigenvalue weighted by atomic mass is 10.0. The number of carbonyl (C=O) groups excluding carboxylic acids is 1. The number of thioether (sulfide) groups is 1. The minimum atomic E-state index is -0.171. The minimum absolute atomic E-state index is 0.106. The Labute approximate surface area is 128 Å². The van der Waals surface area contributed by atoms with Gasteiger partial charge in [0.2, 0.25) is 5.91 Å². The molecule has 20 heavy (non-hydrogen) atoms. The van der Waals surface area contributed by atoms with Crippen LogP contribution in [0.25, 0.3) is 0 Å². The van der Waals surface area contributed by atoms with Gasteiger partial charge in [-0.25, -0.2) is 0 Å². The molecule has 1 heterocycles. The summed E-state index contributed by atoms with van der Waals surface area (Å²) >= 11 is 7.96. The monoisotopic (exact) mass is 310 g/mol. The van der Waals surface area contributed by atoms with Crippen LogP contribution in [0.2, 0.25) is 5.02 Å². The summed E-state index contributed by atoms with van der Waals surface area (Å²) < 4.78 is 0. The number of amides is 1. The zero-order chi connectivity index (χ0) is 14.1. The molecule has 108 valence electrons. The predicted octanol–water partition coefficient (Wildman–Crippen LogP) is 3.13. The number of rotatable bonds is 4. The van der Waals surface area contributed by atoms with Crippen LogP contribution in [-0.2, 0) is 4.79 Å². The van der Waals surface area contributed by atoms with E-state index in [1.807, 2.05) is 30.8 Å². The number of benzene rings is 1. The van der Waals surface area contributed by atoms with E-state index in [0.29, 0.717) is 6.04 Å². The number of hydrogen-bond donors (Lipinski definition) is 2. The van der Waals surface area contributed by atoms with Crippen molar-refractivity contribution in [3.05, 3.63) is 28.8 Å². The lowest BCUT2D eigenvalue weighted by Gasteiger charge is -2.28. The van der Waals surface area contributed by atoms with Gasteiger partial charge in [0.1, 0.15) is 0 Å². The molecule has 1 aromatic rings. The fraction of sp³-hybridized carbons (Fsp3) is 0.533. The predicted molar refractivity (Wildman–Crippen MR) is 83.3 cm³/mol. The fourth-order valence-electron chi connectivity index (χ4n) is 2.47. The Hall–Kier alpha value is -0.710. The number of fused-ring (bicyclic) bond motifs is 1. The summed E-state index contributed by atoms with van der Waals surface area (Å²) in [7, 11) is 0. The lowest BCUT2D eigenvalue weighted by Crippen LogP contribution is -2.44. The summed E-state index contributed by atoms with van der Waals surface area (Å²) in [6.07, 6.45) is 3.27. The highest BCUT2D eigenvalue weighted by Crippen LogP contribution is 2.37. The Balaban J connectivity index is 1.68. The molecule has 1 aliphatic carbocycles. The third kappa shape index (κ3) is 3.30. The third-order valence-corrected chi connectivity index (χ3v) is 5.14. The smallest absolute Gasteiger partial charge is 0.237 e. The van der Waals surface area contributed by atoms with Gasteiger partial charge in [-0.05, 0) is 55.7 Å². The molecule has 1 amide bonds. The maximum absolute atomic E-state index is 12.0. The van der Waals surface area contributed by atoms with Gasteiger partial charge in [0, 0.05) is 22.0 Å². The van der Waals surface area contributed by atoms with Gasteiger partial charge in [-0.3, -0.25) is 10.1 Å². The van der Waals surface area contributed by atoms with Gasteiger partial charge < -0.3 is 5.32 Å². The Kier molecular flexibility index (Phi) is 4.24. The molecule has 2 unspecified atom stereocenters. The van der Waals surface area contributed by atoms with Crippen molar-refractivity contribution in [2.45, 2.75) is 49.2 Å². The van der Waals surface area contributed by atoms with Crippen molar-refractivity contribution < 1.29 is 4.79 Å². The lowest BCUT2D eigenvalue weighted by molar-refractivity contribution is -0.123. The van der Waals surface area contributed by atoms with Crippen LogP contribution >= 0.6 is 23.4 Å². The Bertz CT molecular complexity index is 519. The van der Waals surface area contributed by atoms with Gasteiger partial charge in [-0.1, -0.05) is 11.6 Å². The van der Waals surface area contributed by atoms with Gasteiger partial charge in [0.25, 0.3) is 0 Å². The van der Waals surface area contributed by atoms with E-state index < -0.39 is 0 Å². The van der Waals surface area contributed by atoms with E-state index >= 15 is 0 Å². The summed E-state index contributed by atoms with van der Waals surface area (Å²) in [6.45, 7) is 1.93. The first-order valence-corrected chi connectivity index (χ1v) is 8.48. The average Bonchev–Trinajstić information content (AvgIpc) is 3.23. The fourth-order valence-corrected chi connectivity index (χ4v) is 3.76. The summed E-state index contributed by atoms with van der Waals surface area (Å²) in [5, 5.41) is 7.25. The zero-order valence-corrected chi connectivity index (χ0v) is 13.1. The number of halogens is 1. The van der Waals surface area contributed by atoms with E-state index in [4.69, 9.17) is 11.6 Å². The van der Waals surface area contributed by atoms with Crippen LogP contribution in [0.4, 0.5) is 0 Å². The second-order valence-electron chi connectivity index (χ2n) is 5.54. The van der Waals surface area contributed by atoms with E-state index in [1.165, 1.54) is 10.5 Å². The van der Waals surface area contributed by atoms with Crippen molar-refractivity contribution in [1.29, 1.82) is 0 Å². The van der Waals surface area contributed by atoms with Crippen molar-refractivity contribution in [2.24, 2.45) is 0 Å². The molecule has 1 aromatic carbocycles. The highest BCUT2D eigenvalue weighted by Gasteiger charge is 2.28. The second-order valence-corrected chi connectivity index (χ2v) is 7.12. The molecular formula is C15H19ClN2OS. The molecule has 3 nitrogen and oxygen atoms in total. The molecule has 0 bridgehead atoms. The van der Waals surface area contributed by atoms with Crippen molar-refractivity contribution in [3.63, 3.8) is 0 Å². The second kappa shape index (κ2) is 5.96. The van der Waals surface area contributed by atoms with Crippen LogP contribution in [0.3, 0.4) is 0 Å². The number of hydrogen-bond acceptors (Lipinski definition) is 3. The Morgan fingerprint density at radius 2 is 2.20 bits per heavy atom. The first kappa shape index (κ1) is 14.2. The summed E-state index contributed by atoms with van der Waals surface area (Å²) in [4.78, 5) is 13.3. The molecule has 0 radical (unpaired) electrons. The summed E-state index contributed by atoms with van der Waals surface area (Å²) in [5.41, 5.74) is 1.22. The van der Waals surface area contributed by atoms with Gasteiger partial charge in [0.05, 0.1) is 6.04 Å². The topological polar surface area (TPSA) is 41.1 Å². The molecule has 1 saturated carbocycles. The molecule has 2 N–H and O–H groups in total. The third-order valence-electron chi connectivity index (χ3n) is 3.78. The molecule has 1 aliphatic heterocycles. The molecule has 0 aromatic heterocycles. The van der Waals surface area contributed by atoms with Crippen LogP contribution in [0, 0.1) is 0 Å². The van der Waals surface area contributed by atoms with Crippen LogP contribution in [-0.4, -0.2) is 23.7 Å². The number of carbonyl (C=O) groups is 1. The first-order chi connectivity index (χ1) is 9.63.